The van der Waals surface area contributed by atoms with Gasteiger partial charge in [-0.2, -0.15) is 0 Å². The summed E-state index contributed by atoms with van der Waals surface area (Å²) in [6.07, 6.45) is 0.900. The summed E-state index contributed by atoms with van der Waals surface area (Å²) in [4.78, 5) is 22.4. The van der Waals surface area contributed by atoms with E-state index < -0.39 is 12.1 Å². The van der Waals surface area contributed by atoms with Gasteiger partial charge in [0.05, 0.1) is 13.2 Å². The van der Waals surface area contributed by atoms with E-state index in [2.05, 4.69) is 6.58 Å². The molecule has 0 aromatic heterocycles. The van der Waals surface area contributed by atoms with E-state index >= 15 is 0 Å². The SMILES string of the molecule is C=CCOCC(OC(=O)CC(C)=O)c1ccccc1. The molecule has 1 atom stereocenters. The summed E-state index contributed by atoms with van der Waals surface area (Å²) in [6.45, 7) is 5.53. The quantitative estimate of drug-likeness (QED) is 0.312. The molecule has 19 heavy (non-hydrogen) atoms. The number of esters is 1. The molecule has 0 aliphatic rings. The predicted molar refractivity (Wildman–Crippen MR) is 71.6 cm³/mol. The smallest absolute Gasteiger partial charge is 0.313 e. The lowest BCUT2D eigenvalue weighted by atomic mass is 10.1. The summed E-state index contributed by atoms with van der Waals surface area (Å²) in [5, 5.41) is 0. The third kappa shape index (κ3) is 5.97. The van der Waals surface area contributed by atoms with Gasteiger partial charge in [-0.1, -0.05) is 36.4 Å². The number of Topliss-reactive ketones (excluding diaryl/α,β-unsaturated/α-hetero) is 1. The Morgan fingerprint density at radius 2 is 2.00 bits per heavy atom. The molecular formula is C15H18O4. The third-order valence-electron chi connectivity index (χ3n) is 2.34. The van der Waals surface area contributed by atoms with E-state index in [1.54, 1.807) is 6.08 Å². The molecule has 0 radical (unpaired) electrons. The average molecular weight is 262 g/mol. The molecular weight excluding hydrogens is 244 g/mol. The Hall–Kier alpha value is -1.94. The Morgan fingerprint density at radius 3 is 2.58 bits per heavy atom. The minimum absolute atomic E-state index is 0.217. The van der Waals surface area contributed by atoms with Crippen LogP contribution in [0.3, 0.4) is 0 Å². The van der Waals surface area contributed by atoms with Gasteiger partial charge in [-0.05, 0) is 12.5 Å². The van der Waals surface area contributed by atoms with Crippen molar-refractivity contribution in [2.45, 2.75) is 19.4 Å². The fourth-order valence-corrected chi connectivity index (χ4v) is 1.53. The highest BCUT2D eigenvalue weighted by molar-refractivity contribution is 5.94. The Balaban J connectivity index is 2.66. The number of hydrogen-bond acceptors (Lipinski definition) is 4. The van der Waals surface area contributed by atoms with Crippen molar-refractivity contribution < 1.29 is 19.1 Å². The fourth-order valence-electron chi connectivity index (χ4n) is 1.53. The van der Waals surface area contributed by atoms with Gasteiger partial charge in [-0.3, -0.25) is 9.59 Å². The highest BCUT2D eigenvalue weighted by atomic mass is 16.6. The highest BCUT2D eigenvalue weighted by Gasteiger charge is 2.17. The van der Waals surface area contributed by atoms with Crippen LogP contribution >= 0.6 is 0 Å². The fraction of sp³-hybridized carbons (Fsp3) is 0.333. The number of carbonyl (C=O) groups is 2. The van der Waals surface area contributed by atoms with E-state index in [1.165, 1.54) is 6.92 Å². The monoisotopic (exact) mass is 262 g/mol. The van der Waals surface area contributed by atoms with E-state index in [0.717, 1.165) is 5.56 Å². The minimum Gasteiger partial charge on any atom is -0.455 e. The largest absolute Gasteiger partial charge is 0.455 e. The van der Waals surface area contributed by atoms with Crippen LogP contribution in [0.4, 0.5) is 0 Å². The van der Waals surface area contributed by atoms with Gasteiger partial charge in [0.1, 0.15) is 12.2 Å². The average Bonchev–Trinajstić information content (AvgIpc) is 2.38. The van der Waals surface area contributed by atoms with Crippen LogP contribution in [-0.2, 0) is 19.1 Å². The molecule has 1 aromatic rings. The second-order valence-electron chi connectivity index (χ2n) is 4.09. The summed E-state index contributed by atoms with van der Waals surface area (Å²) in [6, 6.07) is 9.29. The van der Waals surface area contributed by atoms with Crippen LogP contribution in [0.2, 0.25) is 0 Å². The van der Waals surface area contributed by atoms with Crippen molar-refractivity contribution in [3.8, 4) is 0 Å². The van der Waals surface area contributed by atoms with Crippen molar-refractivity contribution in [2.75, 3.05) is 13.2 Å². The third-order valence-corrected chi connectivity index (χ3v) is 2.34. The summed E-state index contributed by atoms with van der Waals surface area (Å²) in [5.41, 5.74) is 0.837. The topological polar surface area (TPSA) is 52.6 Å². The second-order valence-corrected chi connectivity index (χ2v) is 4.09. The van der Waals surface area contributed by atoms with Crippen molar-refractivity contribution in [1.29, 1.82) is 0 Å². The maximum atomic E-state index is 11.6. The molecule has 0 N–H and O–H groups in total. The lowest BCUT2D eigenvalue weighted by Crippen LogP contribution is -2.18. The van der Waals surface area contributed by atoms with Gasteiger partial charge in [0, 0.05) is 0 Å². The number of ether oxygens (including phenoxy) is 2. The molecule has 1 rings (SSSR count). The molecule has 0 bridgehead atoms. The molecule has 0 saturated carbocycles. The van der Waals surface area contributed by atoms with E-state index in [4.69, 9.17) is 9.47 Å². The Labute approximate surface area is 113 Å². The molecule has 1 unspecified atom stereocenters. The predicted octanol–water partition coefficient (Wildman–Crippen LogP) is 2.45. The number of hydrogen-bond donors (Lipinski definition) is 0. The van der Waals surface area contributed by atoms with Gasteiger partial charge in [0.2, 0.25) is 0 Å². The Kier molecular flexibility index (Phi) is 6.53. The summed E-state index contributed by atoms with van der Waals surface area (Å²) < 4.78 is 10.6. The van der Waals surface area contributed by atoms with Crippen molar-refractivity contribution in [3.05, 3.63) is 48.6 Å². The van der Waals surface area contributed by atoms with Gasteiger partial charge in [-0.15, -0.1) is 6.58 Å². The molecule has 102 valence electrons. The summed E-state index contributed by atoms with van der Waals surface area (Å²) >= 11 is 0. The van der Waals surface area contributed by atoms with E-state index in [-0.39, 0.29) is 18.8 Å². The van der Waals surface area contributed by atoms with E-state index in [0.29, 0.717) is 6.61 Å². The zero-order valence-electron chi connectivity index (χ0n) is 11.0. The number of benzene rings is 1. The lowest BCUT2D eigenvalue weighted by molar-refractivity contribution is -0.153. The van der Waals surface area contributed by atoms with Crippen LogP contribution in [0.15, 0.2) is 43.0 Å². The molecule has 1 aromatic carbocycles. The molecule has 0 saturated heterocycles. The maximum Gasteiger partial charge on any atom is 0.313 e. The molecule has 4 nitrogen and oxygen atoms in total. The zero-order chi connectivity index (χ0) is 14.1. The molecule has 4 heteroatoms. The summed E-state index contributed by atoms with van der Waals surface area (Å²) in [7, 11) is 0. The first kappa shape index (κ1) is 15.1. The van der Waals surface area contributed by atoms with Gasteiger partial charge < -0.3 is 9.47 Å². The molecule has 0 fully saturated rings. The van der Waals surface area contributed by atoms with Crippen molar-refractivity contribution in [3.63, 3.8) is 0 Å². The number of carbonyl (C=O) groups excluding carboxylic acids is 2. The van der Waals surface area contributed by atoms with Crippen LogP contribution in [0.25, 0.3) is 0 Å². The minimum atomic E-state index is -0.538. The van der Waals surface area contributed by atoms with Crippen LogP contribution in [0.1, 0.15) is 25.0 Å². The van der Waals surface area contributed by atoms with Crippen molar-refractivity contribution in [1.82, 2.24) is 0 Å². The van der Waals surface area contributed by atoms with Gasteiger partial charge in [0.15, 0.2) is 6.10 Å². The molecule has 0 heterocycles. The Morgan fingerprint density at radius 1 is 1.32 bits per heavy atom. The van der Waals surface area contributed by atoms with Gasteiger partial charge in [-0.25, -0.2) is 0 Å². The van der Waals surface area contributed by atoms with Crippen molar-refractivity contribution in [2.24, 2.45) is 0 Å². The summed E-state index contributed by atoms with van der Waals surface area (Å²) in [5.74, 6) is -0.757. The van der Waals surface area contributed by atoms with Crippen molar-refractivity contribution >= 4 is 11.8 Å². The number of ketones is 1. The molecule has 0 aliphatic heterocycles. The molecule has 0 aliphatic carbocycles. The standard InChI is InChI=1S/C15H18O4/c1-3-9-18-11-14(13-7-5-4-6-8-13)19-15(17)10-12(2)16/h3-8,14H,1,9-11H2,2H3. The molecule has 0 amide bonds. The maximum absolute atomic E-state index is 11.6. The first-order valence-electron chi connectivity index (χ1n) is 6.06. The Bertz CT molecular complexity index is 425. The lowest BCUT2D eigenvalue weighted by Gasteiger charge is -2.17. The first-order valence-corrected chi connectivity index (χ1v) is 6.06. The molecule has 0 spiro atoms. The van der Waals surface area contributed by atoms with Crippen LogP contribution in [0, 0.1) is 0 Å². The van der Waals surface area contributed by atoms with Crippen LogP contribution < -0.4 is 0 Å². The normalized spacial score (nSPS) is 11.6. The second kappa shape index (κ2) is 8.21. The van der Waals surface area contributed by atoms with Gasteiger partial charge in [0.25, 0.3) is 0 Å². The number of rotatable bonds is 8. The zero-order valence-corrected chi connectivity index (χ0v) is 11.0. The first-order chi connectivity index (χ1) is 9.13. The van der Waals surface area contributed by atoms with E-state index in [9.17, 15) is 9.59 Å². The highest BCUT2D eigenvalue weighted by Crippen LogP contribution is 2.18. The van der Waals surface area contributed by atoms with Gasteiger partial charge >= 0.3 is 5.97 Å². The van der Waals surface area contributed by atoms with Crippen LogP contribution in [-0.4, -0.2) is 25.0 Å². The van der Waals surface area contributed by atoms with E-state index in [1.807, 2.05) is 30.3 Å². The van der Waals surface area contributed by atoms with Crippen LogP contribution in [0.5, 0.6) is 0 Å².